The second kappa shape index (κ2) is 21.3. The van der Waals surface area contributed by atoms with Crippen LogP contribution < -0.4 is 0 Å². The van der Waals surface area contributed by atoms with Crippen LogP contribution in [0.15, 0.2) is 97.1 Å². The van der Waals surface area contributed by atoms with Gasteiger partial charge >= 0.3 is 37.9 Å². The molecule has 0 aliphatic rings. The molecular weight excluding hydrogens is 743 g/mol. The van der Waals surface area contributed by atoms with Crippen molar-refractivity contribution in [2.24, 2.45) is 0 Å². The molecule has 0 amide bonds. The molecule has 0 saturated carbocycles. The van der Waals surface area contributed by atoms with Gasteiger partial charge in [-0.3, -0.25) is 0 Å². The molecule has 0 aromatic heterocycles. The fourth-order valence-corrected chi connectivity index (χ4v) is 6.73. The van der Waals surface area contributed by atoms with Crippen LogP contribution in [0.4, 0.5) is 0 Å². The fraction of sp³-hybridized carbons (Fsp3) is 0.348. The van der Waals surface area contributed by atoms with Crippen molar-refractivity contribution in [3.05, 3.63) is 130 Å². The van der Waals surface area contributed by atoms with Gasteiger partial charge in [0, 0.05) is 9.52 Å². The third kappa shape index (κ3) is 10.4. The normalized spacial score (nSPS) is 11.8. The van der Waals surface area contributed by atoms with Gasteiger partial charge in [0.05, 0.1) is 0 Å². The molecule has 0 fully saturated rings. The van der Waals surface area contributed by atoms with Crippen LogP contribution in [0.5, 0.6) is 0 Å². The van der Waals surface area contributed by atoms with Gasteiger partial charge < -0.3 is 0 Å². The maximum atomic E-state index is 4.93. The molecule has 6 rings (SSSR count). The van der Waals surface area contributed by atoms with Crippen molar-refractivity contribution < 1.29 is 20.8 Å². The van der Waals surface area contributed by atoms with Crippen LogP contribution in [0.2, 0.25) is 13.1 Å². The molecule has 4 heteroatoms. The Labute approximate surface area is 325 Å². The number of aryl methyl sites for hydroxylation is 4. The van der Waals surface area contributed by atoms with Crippen molar-refractivity contribution in [2.75, 3.05) is 0 Å². The summed E-state index contributed by atoms with van der Waals surface area (Å²) in [6.45, 7) is 22.4. The number of hydrogen-bond acceptors (Lipinski definition) is 0. The van der Waals surface area contributed by atoms with Gasteiger partial charge in [0.25, 0.3) is 0 Å². The minimum absolute atomic E-state index is 0.627. The van der Waals surface area contributed by atoms with Gasteiger partial charge in [0.15, 0.2) is 0 Å². The molecule has 50 heavy (non-hydrogen) atoms. The maximum absolute atomic E-state index is 4.93. The summed E-state index contributed by atoms with van der Waals surface area (Å²) in [5, 5.41) is 5.58. The van der Waals surface area contributed by atoms with E-state index in [-0.39, 0.29) is 0 Å². The molecule has 0 spiro atoms. The van der Waals surface area contributed by atoms with E-state index in [1.54, 1.807) is 0 Å². The van der Waals surface area contributed by atoms with Gasteiger partial charge in [-0.25, -0.2) is 0 Å². The summed E-state index contributed by atoms with van der Waals surface area (Å²) < 4.78 is 0. The van der Waals surface area contributed by atoms with Gasteiger partial charge in [-0.05, 0) is 60.8 Å². The van der Waals surface area contributed by atoms with Crippen LogP contribution in [-0.4, -0.2) is 9.52 Å². The zero-order chi connectivity index (χ0) is 36.8. The monoisotopic (exact) mass is 796 g/mol. The Morgan fingerprint density at radius 3 is 1.26 bits per heavy atom. The van der Waals surface area contributed by atoms with Gasteiger partial charge in [0.1, 0.15) is 0 Å². The van der Waals surface area contributed by atoms with E-state index in [0.29, 0.717) is 11.8 Å². The molecule has 0 bridgehead atoms. The van der Waals surface area contributed by atoms with Crippen LogP contribution in [-0.2, 0) is 33.7 Å². The summed E-state index contributed by atoms with van der Waals surface area (Å²) in [6, 6.07) is 36.3. The Morgan fingerprint density at radius 2 is 0.940 bits per heavy atom. The van der Waals surface area contributed by atoms with Crippen LogP contribution in [0.1, 0.15) is 99.6 Å². The van der Waals surface area contributed by atoms with E-state index in [9.17, 15) is 0 Å². The number of hydrogen-bond donors (Lipinski definition) is 0. The van der Waals surface area contributed by atoms with Crippen molar-refractivity contribution in [2.45, 2.75) is 106 Å². The molecule has 0 aliphatic carbocycles. The predicted octanol–water partition coefficient (Wildman–Crippen LogP) is 15.4. The van der Waals surface area contributed by atoms with Crippen LogP contribution in [0.3, 0.4) is 0 Å². The third-order valence-electron chi connectivity index (χ3n) is 9.94. The van der Waals surface area contributed by atoms with Crippen molar-refractivity contribution in [1.82, 2.24) is 0 Å². The number of halogens is 2. The first-order valence-electron chi connectivity index (χ1n) is 18.2. The number of fused-ring (bicyclic) bond motifs is 2. The Morgan fingerprint density at radius 1 is 0.600 bits per heavy atom. The molecule has 6 aromatic carbocycles. The second-order valence-corrected chi connectivity index (χ2v) is 18.0. The minimum atomic E-state index is -0.826. The molecule has 0 saturated heterocycles. The average molecular weight is 799 g/mol. The molecule has 0 aliphatic heterocycles. The predicted molar refractivity (Wildman–Crippen MR) is 225 cm³/mol. The number of benzene rings is 4. The van der Waals surface area contributed by atoms with E-state index < -0.39 is 20.8 Å². The number of rotatable bonds is 8. The second-order valence-electron chi connectivity index (χ2n) is 13.3. The Balaban J connectivity index is 0.000000234. The van der Waals surface area contributed by atoms with E-state index >= 15 is 0 Å². The zero-order valence-electron chi connectivity index (χ0n) is 32.0. The van der Waals surface area contributed by atoms with Crippen LogP contribution in [0.25, 0.3) is 43.8 Å². The molecule has 2 unspecified atom stereocenters. The summed E-state index contributed by atoms with van der Waals surface area (Å²) in [7, 11) is 11.0. The average Bonchev–Trinajstić information content (AvgIpc) is 3.77. The molecule has 2 radical (unpaired) electrons. The van der Waals surface area contributed by atoms with E-state index in [2.05, 4.69) is 166 Å². The molecule has 262 valence electrons. The van der Waals surface area contributed by atoms with Gasteiger partial charge in [-0.1, -0.05) is 138 Å². The molecule has 0 heterocycles. The first-order chi connectivity index (χ1) is 24.1. The summed E-state index contributed by atoms with van der Waals surface area (Å²) >= 11 is -0.826. The Bertz CT molecular complexity index is 1770. The third-order valence-corrected chi connectivity index (χ3v) is 9.94. The van der Waals surface area contributed by atoms with Crippen molar-refractivity contribution >= 4 is 48.1 Å². The van der Waals surface area contributed by atoms with E-state index in [4.69, 9.17) is 17.0 Å². The first-order valence-corrected chi connectivity index (χ1v) is 26.6. The summed E-state index contributed by atoms with van der Waals surface area (Å²) in [5.74, 6) is 1.25. The topological polar surface area (TPSA) is 0 Å². The first kappa shape index (κ1) is 42.2. The fourth-order valence-electron chi connectivity index (χ4n) is 6.73. The molecule has 0 N–H and O–H groups in total. The quantitative estimate of drug-likeness (QED) is 0.106. The molecule has 6 aromatic rings. The Hall–Kier alpha value is -2.22. The molecular formula is C46H56Cl2SiZr. The van der Waals surface area contributed by atoms with E-state index in [1.807, 2.05) is 0 Å². The van der Waals surface area contributed by atoms with Gasteiger partial charge in [-0.2, -0.15) is 12.1 Å². The summed E-state index contributed by atoms with van der Waals surface area (Å²) in [4.78, 5) is 0. The van der Waals surface area contributed by atoms with Gasteiger partial charge in [-0.15, -0.1) is 69.1 Å². The van der Waals surface area contributed by atoms with Crippen molar-refractivity contribution in [3.63, 3.8) is 0 Å². The Kier molecular flexibility index (Phi) is 18.0. The summed E-state index contributed by atoms with van der Waals surface area (Å²) in [6.07, 6.45) is 4.53. The molecule has 2 atom stereocenters. The van der Waals surface area contributed by atoms with Gasteiger partial charge in [0.2, 0.25) is 0 Å². The standard InChI is InChI=1S/2C22H25.C2H6Si.2ClH.Zr/c2*1-5-15(3)19-13-18-12-11-16(4)22(21(18)14-19)20-10-8-7-9-17(20)6-2;1-3-2;;;/h2*7-15H,5-6H2,1-4H3;1-2H3;2*1H;/q2*-1;;;;+4/p-2. The van der Waals surface area contributed by atoms with E-state index in [0.717, 1.165) is 22.4 Å². The SMILES string of the molecule is CCc1ccccc1-c1c(C)ccc2[cH-]c(C(C)CC)cc12.CCc1ccccc1-c1c(C)ccc2[cH-]c(C(C)CC)cc12.C[Si]C.[Cl][Zr+2][Cl]. The summed E-state index contributed by atoms with van der Waals surface area (Å²) in [5.41, 5.74) is 14.2. The van der Waals surface area contributed by atoms with Crippen molar-refractivity contribution in [1.29, 1.82) is 0 Å². The van der Waals surface area contributed by atoms with Crippen LogP contribution >= 0.6 is 17.0 Å². The van der Waals surface area contributed by atoms with E-state index in [1.165, 1.54) is 90.0 Å². The van der Waals surface area contributed by atoms with Crippen LogP contribution in [0, 0.1) is 13.8 Å². The zero-order valence-corrected chi connectivity index (χ0v) is 36.9. The van der Waals surface area contributed by atoms with Crippen molar-refractivity contribution in [3.8, 4) is 22.3 Å². The molecule has 0 nitrogen and oxygen atoms in total.